The maximum Gasteiger partial charge on any atom is 0.272 e. The number of carbonyl (C=O) groups is 1. The van der Waals surface area contributed by atoms with Gasteiger partial charge >= 0.3 is 0 Å². The highest BCUT2D eigenvalue weighted by Crippen LogP contribution is 2.53. The molecule has 4 rings (SSSR count). The van der Waals surface area contributed by atoms with Crippen LogP contribution in [-0.4, -0.2) is 28.6 Å². The number of ether oxygens (including phenoxy) is 2. The first kappa shape index (κ1) is 16.2. The van der Waals surface area contributed by atoms with E-state index in [1.165, 1.54) is 0 Å². The van der Waals surface area contributed by atoms with E-state index >= 15 is 0 Å². The summed E-state index contributed by atoms with van der Waals surface area (Å²) in [5, 5.41) is 0. The molecule has 0 unspecified atom stereocenters. The molecule has 0 N–H and O–H groups in total. The molecule has 2 heterocycles. The summed E-state index contributed by atoms with van der Waals surface area (Å²) in [5.74, 6) is 0.653. The summed E-state index contributed by atoms with van der Waals surface area (Å²) in [6, 6.07) is 19.4. The fraction of sp³-hybridized carbons (Fsp3) is 0.381. The Morgan fingerprint density at radius 3 is 2.28 bits per heavy atom. The van der Waals surface area contributed by atoms with Crippen molar-refractivity contribution in [1.82, 2.24) is 4.90 Å². The van der Waals surface area contributed by atoms with Crippen LogP contribution >= 0.6 is 0 Å². The van der Waals surface area contributed by atoms with Crippen molar-refractivity contribution in [2.45, 2.75) is 50.7 Å². The summed E-state index contributed by atoms with van der Waals surface area (Å²) in [7, 11) is 0. The summed E-state index contributed by atoms with van der Waals surface area (Å²) in [6.07, 6.45) is 0.145. The zero-order chi connectivity index (χ0) is 17.7. The van der Waals surface area contributed by atoms with E-state index in [4.69, 9.17) is 9.47 Å². The first-order valence-electron chi connectivity index (χ1n) is 8.74. The van der Waals surface area contributed by atoms with Crippen LogP contribution in [0, 0.1) is 0 Å². The summed E-state index contributed by atoms with van der Waals surface area (Å²) in [4.78, 5) is 14.9. The summed E-state index contributed by atoms with van der Waals surface area (Å²) in [6.45, 7) is 6.26. The van der Waals surface area contributed by atoms with Gasteiger partial charge in [-0.2, -0.15) is 0 Å². The van der Waals surface area contributed by atoms with E-state index in [0.717, 1.165) is 12.0 Å². The van der Waals surface area contributed by atoms with E-state index in [1.54, 1.807) is 0 Å². The van der Waals surface area contributed by atoms with Crippen LogP contribution in [0.15, 0.2) is 60.7 Å². The number of β-lactam (4-membered cyclic amide) rings is 1. The van der Waals surface area contributed by atoms with Gasteiger partial charge < -0.3 is 9.47 Å². The van der Waals surface area contributed by atoms with Crippen molar-refractivity contribution in [3.05, 3.63) is 66.2 Å². The third-order valence-electron chi connectivity index (χ3n) is 5.09. The fourth-order valence-corrected chi connectivity index (χ4v) is 4.30. The van der Waals surface area contributed by atoms with Crippen LogP contribution in [0.5, 0.6) is 5.75 Å². The van der Waals surface area contributed by atoms with Crippen molar-refractivity contribution in [3.63, 3.8) is 0 Å². The third-order valence-corrected chi connectivity index (χ3v) is 5.09. The Kier molecular flexibility index (Phi) is 3.62. The highest BCUT2D eigenvalue weighted by atomic mass is 16.6. The van der Waals surface area contributed by atoms with Gasteiger partial charge in [0.15, 0.2) is 0 Å². The van der Waals surface area contributed by atoms with Gasteiger partial charge in [0.1, 0.15) is 5.75 Å². The average molecular weight is 337 g/mol. The van der Waals surface area contributed by atoms with E-state index in [0.29, 0.717) is 5.75 Å². The van der Waals surface area contributed by atoms with Crippen LogP contribution in [0.1, 0.15) is 32.8 Å². The summed E-state index contributed by atoms with van der Waals surface area (Å²) >= 11 is 0. The Morgan fingerprint density at radius 2 is 1.64 bits per heavy atom. The molecule has 2 aliphatic rings. The van der Waals surface area contributed by atoms with Gasteiger partial charge in [0.2, 0.25) is 11.8 Å². The molecule has 4 heteroatoms. The molecule has 0 radical (unpaired) electrons. The Balaban J connectivity index is 1.80. The molecule has 2 fully saturated rings. The van der Waals surface area contributed by atoms with Gasteiger partial charge in [-0.3, -0.25) is 9.69 Å². The van der Waals surface area contributed by atoms with Crippen molar-refractivity contribution in [3.8, 4) is 5.75 Å². The van der Waals surface area contributed by atoms with Gasteiger partial charge in [-0.1, -0.05) is 48.5 Å². The van der Waals surface area contributed by atoms with Crippen LogP contribution in [0.4, 0.5) is 0 Å². The van der Waals surface area contributed by atoms with Gasteiger partial charge in [0, 0.05) is 11.1 Å². The molecule has 2 saturated heterocycles. The molecule has 0 aliphatic carbocycles. The van der Waals surface area contributed by atoms with Crippen molar-refractivity contribution in [2.75, 3.05) is 0 Å². The van der Waals surface area contributed by atoms with Crippen LogP contribution in [0.2, 0.25) is 0 Å². The average Bonchev–Trinajstić information content (AvgIpc) is 2.59. The molecule has 3 atom stereocenters. The molecule has 0 spiro atoms. The predicted molar refractivity (Wildman–Crippen MR) is 95.1 cm³/mol. The molecule has 0 aromatic heterocycles. The zero-order valence-corrected chi connectivity index (χ0v) is 14.8. The highest BCUT2D eigenvalue weighted by molar-refractivity contribution is 5.91. The van der Waals surface area contributed by atoms with Crippen molar-refractivity contribution in [2.24, 2.45) is 0 Å². The largest absolute Gasteiger partial charge is 0.475 e. The van der Waals surface area contributed by atoms with Gasteiger partial charge in [0.05, 0.1) is 6.10 Å². The number of nitrogens with zero attached hydrogens (tertiary/aromatic N) is 1. The number of amides is 1. The van der Waals surface area contributed by atoms with Crippen LogP contribution in [0.25, 0.3) is 0 Å². The van der Waals surface area contributed by atoms with E-state index in [-0.39, 0.29) is 17.6 Å². The van der Waals surface area contributed by atoms with E-state index < -0.39 is 11.8 Å². The molecule has 2 aromatic carbocycles. The number of carbonyl (C=O) groups excluding carboxylic acids is 1. The standard InChI is InChI=1S/C21H23NO3/c1-15-14-20(2,3)22-19(23)18(24-17-12-8-5-9-13-17)21(22,25-15)16-10-6-4-7-11-16/h4-13,15,18H,14H2,1-3H3/t15-,18+,21+/m1/s1. The lowest BCUT2D eigenvalue weighted by Gasteiger charge is -2.65. The molecule has 4 nitrogen and oxygen atoms in total. The number of fused-ring (bicyclic) bond motifs is 1. The van der Waals surface area contributed by atoms with Gasteiger partial charge in [-0.25, -0.2) is 0 Å². The Labute approximate surface area is 148 Å². The van der Waals surface area contributed by atoms with E-state index in [2.05, 4.69) is 20.8 Å². The summed E-state index contributed by atoms with van der Waals surface area (Å²) in [5.41, 5.74) is -0.216. The number of benzene rings is 2. The maximum absolute atomic E-state index is 13.0. The number of hydrogen-bond acceptors (Lipinski definition) is 3. The van der Waals surface area contributed by atoms with Gasteiger partial charge in [0.25, 0.3) is 5.91 Å². The molecule has 130 valence electrons. The second-order valence-electron chi connectivity index (χ2n) is 7.49. The Morgan fingerprint density at radius 1 is 1.04 bits per heavy atom. The van der Waals surface area contributed by atoms with Crippen molar-refractivity contribution >= 4 is 5.91 Å². The minimum Gasteiger partial charge on any atom is -0.475 e. The number of hydrogen-bond donors (Lipinski definition) is 0. The van der Waals surface area contributed by atoms with Crippen LogP contribution < -0.4 is 4.74 Å². The molecular weight excluding hydrogens is 314 g/mol. The molecular formula is C21H23NO3. The minimum absolute atomic E-state index is 0.0235. The van der Waals surface area contributed by atoms with Gasteiger partial charge in [-0.15, -0.1) is 0 Å². The monoisotopic (exact) mass is 337 g/mol. The molecule has 2 aromatic rings. The predicted octanol–water partition coefficient (Wildman–Crippen LogP) is 3.72. The lowest BCUT2D eigenvalue weighted by Crippen LogP contribution is -2.82. The minimum atomic E-state index is -0.880. The van der Waals surface area contributed by atoms with Crippen molar-refractivity contribution in [1.29, 1.82) is 0 Å². The lowest BCUT2D eigenvalue weighted by molar-refractivity contribution is -0.326. The second-order valence-corrected chi connectivity index (χ2v) is 7.49. The van der Waals surface area contributed by atoms with Crippen LogP contribution in [-0.2, 0) is 15.3 Å². The zero-order valence-electron chi connectivity index (χ0n) is 14.8. The first-order valence-corrected chi connectivity index (χ1v) is 8.74. The van der Waals surface area contributed by atoms with E-state index in [9.17, 15) is 4.79 Å². The first-order chi connectivity index (χ1) is 11.9. The topological polar surface area (TPSA) is 38.8 Å². The number of rotatable bonds is 3. The third kappa shape index (κ3) is 2.35. The second kappa shape index (κ2) is 5.60. The molecule has 2 aliphatic heterocycles. The Hall–Kier alpha value is -2.33. The fourth-order valence-electron chi connectivity index (χ4n) is 4.30. The van der Waals surface area contributed by atoms with Gasteiger partial charge in [-0.05, 0) is 39.3 Å². The number of para-hydroxylation sites is 1. The molecule has 0 bridgehead atoms. The summed E-state index contributed by atoms with van der Waals surface area (Å²) < 4.78 is 12.5. The molecule has 25 heavy (non-hydrogen) atoms. The SMILES string of the molecule is C[C@@H]1CC(C)(C)N2C(=O)[C@H](Oc3ccccc3)[C@]2(c2ccccc2)O1. The normalized spacial score (nSPS) is 30.4. The van der Waals surface area contributed by atoms with E-state index in [1.807, 2.05) is 65.6 Å². The smallest absolute Gasteiger partial charge is 0.272 e. The highest BCUT2D eigenvalue weighted by Gasteiger charge is 2.70. The Bertz CT molecular complexity index is 774. The molecule has 1 amide bonds. The lowest BCUT2D eigenvalue weighted by atomic mass is 9.76. The van der Waals surface area contributed by atoms with Crippen molar-refractivity contribution < 1.29 is 14.3 Å². The quantitative estimate of drug-likeness (QED) is 0.801. The van der Waals surface area contributed by atoms with Crippen LogP contribution in [0.3, 0.4) is 0 Å². The maximum atomic E-state index is 13.0. The molecule has 0 saturated carbocycles.